The second-order valence-corrected chi connectivity index (χ2v) is 26.4. The van der Waals surface area contributed by atoms with Crippen molar-refractivity contribution in [3.05, 3.63) is 0 Å². The molecule has 8 aliphatic rings. The minimum Gasteiger partial charge on any atom is -0.394 e. The molecule has 2 amide bonds. The standard InChI is InChI=1S/C58H98N2O46/c1-13(69)59-15(3-61)26(72)45(16(71)4-62)101-51-25(60-14(2)70)34(80)46(22(10-68)98-51)102-56-44(90)48(104-57-50(39(85)31(77)20(8-66)96-57)106-58-49(38(84)30(76)21(9-67)97-58)105-55-42(88)37(83)29(75)19(7-65)95-55)33(79)24(100-56)12-92-53-43(89)47(103-54-41(87)36(82)28(74)18(6-64)94-54)32(78)23(99-53)11-91-52-40(86)35(81)27(73)17(5-63)93-52/h3,15-58,62-68,71-90H,4-12H2,1-2H3,(H,59,69)(H,60,70)/t15-,16+,17+,18+,19+,20+,21+,22+,23+,24+,25+,26+,27+,28+,29+,30+,31+,32+,33+,34+,35-,36-,37-,38-,39-,40-,41-,42-,43-,44-,45+,46+,47-,48-,49-,50-,51-,52-,53-,54+,55+,56-,57+,58+/m0/s1. The maximum absolute atomic E-state index is 12.9. The van der Waals surface area contributed by atoms with E-state index in [0.717, 1.165) is 13.8 Å². The number of rotatable bonds is 31. The molecule has 0 aromatic rings. The van der Waals surface area contributed by atoms with Gasteiger partial charge in [0.15, 0.2) is 50.3 Å². The van der Waals surface area contributed by atoms with Gasteiger partial charge < -0.3 is 229 Å². The molecule has 0 aliphatic carbocycles. The third-order valence-electron chi connectivity index (χ3n) is 19.1. The van der Waals surface area contributed by atoms with Gasteiger partial charge in [-0.3, -0.25) is 9.59 Å². The van der Waals surface area contributed by atoms with Gasteiger partial charge in [-0.1, -0.05) is 0 Å². The van der Waals surface area contributed by atoms with Crippen LogP contribution < -0.4 is 10.6 Å². The molecule has 44 atom stereocenters. The van der Waals surface area contributed by atoms with Crippen LogP contribution in [0.15, 0.2) is 0 Å². The Balaban J connectivity index is 1.16. The maximum atomic E-state index is 12.9. The predicted molar refractivity (Wildman–Crippen MR) is 321 cm³/mol. The molecule has 29 N–H and O–H groups in total. The summed E-state index contributed by atoms with van der Waals surface area (Å²) >= 11 is 0. The van der Waals surface area contributed by atoms with Crippen molar-refractivity contribution < 1.29 is 228 Å². The van der Waals surface area contributed by atoms with Crippen molar-refractivity contribution >= 4 is 18.1 Å². The van der Waals surface area contributed by atoms with E-state index < -0.39 is 341 Å². The SMILES string of the molecule is CC(=O)N[C@H]1[C@H](O[C@@H]([C@H](O)[C@H](C=O)NC(C)=O)[C@H](O)CO)O[C@H](CO)[C@@H](O[C@@H]2O[C@H](CO[C@H]3O[C@H](CO[C@H]4O[C@H](CO)[C@@H](O)[C@H](O)[C@@H]4O)[C@@H](O)[C@H](O[C@H]4O[C@H](CO)[C@@H](O)[C@H](O)[C@@H]4O)[C@@H]3O)[C@@H](O)[C@H](O[C@H]3O[C@H](CO)[C@@H](O)[C@H](O)[C@@H]3O[C@H]3O[C@H](CO)[C@@H](O)[C@H](O)[C@@H]3O[C@H]3O[C@H](CO)[C@@H](O)[C@H](O)[C@@H]3O)[C@@H]2O)[C@@H]1O. The van der Waals surface area contributed by atoms with Crippen molar-refractivity contribution in [2.24, 2.45) is 0 Å². The Hall–Kier alpha value is -3.11. The fraction of sp³-hybridized carbons (Fsp3) is 0.948. The van der Waals surface area contributed by atoms with Gasteiger partial charge in [0.1, 0.15) is 226 Å². The Morgan fingerprint density at radius 1 is 0.349 bits per heavy atom. The zero-order valence-electron chi connectivity index (χ0n) is 56.2. The van der Waals surface area contributed by atoms with Gasteiger partial charge in [0.05, 0.1) is 59.5 Å². The summed E-state index contributed by atoms with van der Waals surface area (Å²) in [5.41, 5.74) is 0. The summed E-state index contributed by atoms with van der Waals surface area (Å²) in [7, 11) is 0. The second-order valence-electron chi connectivity index (χ2n) is 26.4. The van der Waals surface area contributed by atoms with Gasteiger partial charge in [-0.2, -0.15) is 0 Å². The van der Waals surface area contributed by atoms with E-state index >= 15 is 0 Å². The van der Waals surface area contributed by atoms with Crippen molar-refractivity contribution in [1.82, 2.24) is 10.6 Å². The van der Waals surface area contributed by atoms with Crippen molar-refractivity contribution in [2.45, 2.75) is 284 Å². The lowest BCUT2D eigenvalue weighted by atomic mass is 9.94. The Morgan fingerprint density at radius 3 is 1.08 bits per heavy atom. The number of hydrogen-bond donors (Lipinski definition) is 29. The molecule has 48 heteroatoms. The van der Waals surface area contributed by atoms with Crippen molar-refractivity contribution in [3.63, 3.8) is 0 Å². The van der Waals surface area contributed by atoms with E-state index in [1.165, 1.54) is 0 Å². The smallest absolute Gasteiger partial charge is 0.217 e. The molecule has 0 unspecified atom stereocenters. The van der Waals surface area contributed by atoms with Gasteiger partial charge in [0, 0.05) is 13.8 Å². The van der Waals surface area contributed by atoms with Gasteiger partial charge in [0.25, 0.3) is 0 Å². The normalized spacial score (nSPS) is 48.0. The molecule has 106 heavy (non-hydrogen) atoms. The summed E-state index contributed by atoms with van der Waals surface area (Å²) in [4.78, 5) is 37.0. The van der Waals surface area contributed by atoms with Crippen molar-refractivity contribution in [1.29, 1.82) is 0 Å². The highest BCUT2D eigenvalue weighted by Crippen LogP contribution is 2.39. The molecule has 0 aromatic heterocycles. The molecule has 8 rings (SSSR count). The first-order valence-corrected chi connectivity index (χ1v) is 33.4. The molecule has 0 saturated carbocycles. The molecule has 8 heterocycles. The van der Waals surface area contributed by atoms with Gasteiger partial charge in [-0.25, -0.2) is 0 Å². The number of carbonyl (C=O) groups excluding carboxylic acids is 3. The zero-order chi connectivity index (χ0) is 78.4. The highest BCUT2D eigenvalue weighted by atomic mass is 16.8. The molecule has 8 fully saturated rings. The van der Waals surface area contributed by atoms with Crippen LogP contribution in [0, 0.1) is 0 Å². The van der Waals surface area contributed by atoms with E-state index in [1.54, 1.807) is 0 Å². The summed E-state index contributed by atoms with van der Waals surface area (Å²) in [5.74, 6) is -1.89. The monoisotopic (exact) mass is 1560 g/mol. The first-order chi connectivity index (χ1) is 50.1. The number of hydrogen-bond acceptors (Lipinski definition) is 46. The number of aliphatic hydroxyl groups excluding tert-OH is 27. The summed E-state index contributed by atoms with van der Waals surface area (Å²) in [5, 5.41) is 300. The molecule has 0 bridgehead atoms. The molecule has 616 valence electrons. The second kappa shape index (κ2) is 39.1. The third kappa shape index (κ3) is 19.6. The van der Waals surface area contributed by atoms with E-state index in [2.05, 4.69) is 10.6 Å². The lowest BCUT2D eigenvalue weighted by molar-refractivity contribution is -0.408. The Morgan fingerprint density at radius 2 is 0.670 bits per heavy atom. The van der Waals surface area contributed by atoms with Gasteiger partial charge in [-0.05, 0) is 0 Å². The average molecular weight is 1560 g/mol. The van der Waals surface area contributed by atoms with Crippen molar-refractivity contribution in [2.75, 3.05) is 59.5 Å². The van der Waals surface area contributed by atoms with Crippen LogP contribution in [0.1, 0.15) is 13.8 Å². The van der Waals surface area contributed by atoms with Crippen LogP contribution in [-0.2, 0) is 90.2 Å². The number of carbonyl (C=O) groups is 3. The molecule has 48 nitrogen and oxygen atoms in total. The zero-order valence-corrected chi connectivity index (χ0v) is 56.2. The van der Waals surface area contributed by atoms with Crippen LogP contribution in [-0.4, -0.2) is 485 Å². The van der Waals surface area contributed by atoms with E-state index in [-0.39, 0.29) is 6.29 Å². The van der Waals surface area contributed by atoms with E-state index in [9.17, 15) is 152 Å². The van der Waals surface area contributed by atoms with Crippen LogP contribution in [0.2, 0.25) is 0 Å². The summed E-state index contributed by atoms with van der Waals surface area (Å²) in [6.45, 7) is -8.23. The maximum Gasteiger partial charge on any atom is 0.217 e. The third-order valence-corrected chi connectivity index (χ3v) is 19.1. The van der Waals surface area contributed by atoms with E-state index in [4.69, 9.17) is 75.8 Å². The first kappa shape index (κ1) is 88.5. The minimum atomic E-state index is -2.61. The number of aliphatic hydroxyl groups is 27. The Bertz CT molecular complexity index is 2690. The molecule has 0 aromatic carbocycles. The molecular formula is C58H98N2O46. The van der Waals surface area contributed by atoms with E-state index in [0.29, 0.717) is 0 Å². The van der Waals surface area contributed by atoms with Crippen LogP contribution in [0.4, 0.5) is 0 Å². The quantitative estimate of drug-likeness (QED) is 0.0287. The molecule has 8 saturated heterocycles. The number of aldehydes is 1. The number of amides is 2. The fourth-order valence-corrected chi connectivity index (χ4v) is 13.0. The number of nitrogens with one attached hydrogen (secondary N) is 2. The van der Waals surface area contributed by atoms with Crippen LogP contribution in [0.25, 0.3) is 0 Å². The lowest BCUT2D eigenvalue weighted by Crippen LogP contribution is -2.70. The first-order valence-electron chi connectivity index (χ1n) is 33.4. The number of ether oxygens (including phenoxy) is 16. The molecular weight excluding hydrogens is 1460 g/mol. The lowest BCUT2D eigenvalue weighted by Gasteiger charge is -2.51. The predicted octanol–water partition coefficient (Wildman–Crippen LogP) is -20.5. The Kier molecular flexibility index (Phi) is 32.6. The van der Waals surface area contributed by atoms with Gasteiger partial charge >= 0.3 is 0 Å². The highest BCUT2D eigenvalue weighted by molar-refractivity contribution is 5.77. The average Bonchev–Trinajstić information content (AvgIpc) is 0.770. The molecule has 0 radical (unpaired) electrons. The Labute approximate surface area is 598 Å². The summed E-state index contributed by atoms with van der Waals surface area (Å²) in [6, 6.07) is -3.90. The molecule has 8 aliphatic heterocycles. The highest BCUT2D eigenvalue weighted by Gasteiger charge is 2.60. The summed E-state index contributed by atoms with van der Waals surface area (Å²) in [6.07, 6.45) is -90.9. The van der Waals surface area contributed by atoms with Crippen LogP contribution in [0.3, 0.4) is 0 Å². The summed E-state index contributed by atoms with van der Waals surface area (Å²) < 4.78 is 93.0. The molecule has 0 spiro atoms. The van der Waals surface area contributed by atoms with Crippen LogP contribution >= 0.6 is 0 Å². The fourth-order valence-electron chi connectivity index (χ4n) is 13.0. The van der Waals surface area contributed by atoms with Crippen LogP contribution in [0.5, 0.6) is 0 Å². The largest absolute Gasteiger partial charge is 0.394 e. The van der Waals surface area contributed by atoms with Gasteiger partial charge in [0.2, 0.25) is 11.8 Å². The van der Waals surface area contributed by atoms with Gasteiger partial charge in [-0.15, -0.1) is 0 Å². The van der Waals surface area contributed by atoms with E-state index in [1.807, 2.05) is 0 Å². The minimum absolute atomic E-state index is 0.0225. The topological polar surface area (TPSA) is 769 Å². The van der Waals surface area contributed by atoms with Crippen molar-refractivity contribution in [3.8, 4) is 0 Å².